The molecule has 1 aliphatic rings. The van der Waals surface area contributed by atoms with Crippen molar-refractivity contribution >= 4 is 17.6 Å². The second-order valence-electron chi connectivity index (χ2n) is 5.75. The molecule has 1 aromatic rings. The molecule has 0 radical (unpaired) electrons. The van der Waals surface area contributed by atoms with Crippen molar-refractivity contribution in [1.82, 2.24) is 10.6 Å². The van der Waals surface area contributed by atoms with Crippen molar-refractivity contribution in [2.24, 2.45) is 4.99 Å². The van der Waals surface area contributed by atoms with Crippen LogP contribution in [0.15, 0.2) is 23.2 Å². The summed E-state index contributed by atoms with van der Waals surface area (Å²) in [5.74, 6) is 1.47. The largest absolute Gasteiger partial charge is 0.496 e. The van der Waals surface area contributed by atoms with E-state index < -0.39 is 0 Å². The van der Waals surface area contributed by atoms with Gasteiger partial charge in [-0.3, -0.25) is 4.99 Å². The Balaban J connectivity index is 1.79. The Morgan fingerprint density at radius 3 is 3.00 bits per heavy atom. The van der Waals surface area contributed by atoms with Crippen molar-refractivity contribution in [3.05, 3.63) is 28.8 Å². The molecule has 0 saturated carbocycles. The van der Waals surface area contributed by atoms with Crippen LogP contribution < -0.4 is 15.4 Å². The van der Waals surface area contributed by atoms with Gasteiger partial charge >= 0.3 is 0 Å². The number of hydrogen-bond donors (Lipinski definition) is 2. The first-order valence-corrected chi connectivity index (χ1v) is 8.49. The monoisotopic (exact) mass is 355 g/mol. The summed E-state index contributed by atoms with van der Waals surface area (Å²) in [6, 6.07) is 5.73. The number of rotatable bonds is 7. The van der Waals surface area contributed by atoms with Crippen LogP contribution in [0.2, 0.25) is 5.02 Å². The molecule has 24 heavy (non-hydrogen) atoms. The molecule has 0 bridgehead atoms. The maximum Gasteiger partial charge on any atom is 0.191 e. The fourth-order valence-corrected chi connectivity index (χ4v) is 2.60. The van der Waals surface area contributed by atoms with Crippen LogP contribution in [-0.2, 0) is 16.0 Å². The second kappa shape index (κ2) is 9.71. The molecule has 1 fully saturated rings. The van der Waals surface area contributed by atoms with E-state index in [1.165, 1.54) is 0 Å². The Bertz CT molecular complexity index is 548. The lowest BCUT2D eigenvalue weighted by molar-refractivity contribution is 0.0347. The summed E-state index contributed by atoms with van der Waals surface area (Å²) in [6.45, 7) is 4.74. The van der Waals surface area contributed by atoms with Crippen LogP contribution in [0.1, 0.15) is 18.9 Å². The van der Waals surface area contributed by atoms with E-state index in [0.717, 1.165) is 24.3 Å². The maximum absolute atomic E-state index is 5.98. The van der Waals surface area contributed by atoms with E-state index in [0.29, 0.717) is 30.7 Å². The maximum atomic E-state index is 5.98. The zero-order chi connectivity index (χ0) is 17.4. The van der Waals surface area contributed by atoms with E-state index in [1.54, 1.807) is 20.2 Å². The minimum Gasteiger partial charge on any atom is -0.496 e. The Kier molecular flexibility index (Phi) is 7.62. The van der Waals surface area contributed by atoms with Gasteiger partial charge in [-0.2, -0.15) is 0 Å². The third-order valence-electron chi connectivity index (χ3n) is 3.77. The van der Waals surface area contributed by atoms with Crippen molar-refractivity contribution in [1.29, 1.82) is 0 Å². The molecule has 2 N–H and O–H groups in total. The molecule has 134 valence electrons. The van der Waals surface area contributed by atoms with Crippen molar-refractivity contribution in [3.8, 4) is 5.75 Å². The molecule has 2 atom stereocenters. The topological polar surface area (TPSA) is 64.1 Å². The van der Waals surface area contributed by atoms with Crippen LogP contribution in [0.3, 0.4) is 0 Å². The molecule has 2 unspecified atom stereocenters. The number of nitrogens with one attached hydrogen (secondary N) is 2. The van der Waals surface area contributed by atoms with E-state index in [9.17, 15) is 0 Å². The molecule has 0 amide bonds. The third-order valence-corrected chi connectivity index (χ3v) is 4.01. The Hall–Kier alpha value is -1.50. The molecule has 0 aromatic heterocycles. The summed E-state index contributed by atoms with van der Waals surface area (Å²) in [5, 5.41) is 7.24. The van der Waals surface area contributed by atoms with Crippen LogP contribution in [0.4, 0.5) is 0 Å². The fraction of sp³-hybridized carbons (Fsp3) is 0.588. The van der Waals surface area contributed by atoms with Gasteiger partial charge in [0.2, 0.25) is 0 Å². The van der Waals surface area contributed by atoms with E-state index in [1.807, 2.05) is 12.1 Å². The van der Waals surface area contributed by atoms with E-state index in [4.69, 9.17) is 25.8 Å². The van der Waals surface area contributed by atoms with Crippen LogP contribution in [0.25, 0.3) is 0 Å². The van der Waals surface area contributed by atoms with Gasteiger partial charge in [-0.25, -0.2) is 0 Å². The van der Waals surface area contributed by atoms with Crippen LogP contribution in [-0.4, -0.2) is 52.1 Å². The zero-order valence-electron chi connectivity index (χ0n) is 14.5. The smallest absolute Gasteiger partial charge is 0.191 e. The predicted molar refractivity (Wildman–Crippen MR) is 96.0 cm³/mol. The number of hydrogen-bond acceptors (Lipinski definition) is 4. The summed E-state index contributed by atoms with van der Waals surface area (Å²) < 4.78 is 16.5. The highest BCUT2D eigenvalue weighted by Crippen LogP contribution is 2.22. The third kappa shape index (κ3) is 5.85. The lowest BCUT2D eigenvalue weighted by atomic mass is 10.2. The van der Waals surface area contributed by atoms with E-state index >= 15 is 0 Å². The Labute approximate surface area is 148 Å². The lowest BCUT2D eigenvalue weighted by Gasteiger charge is -2.20. The molecule has 6 nitrogen and oxygen atoms in total. The predicted octanol–water partition coefficient (Wildman–Crippen LogP) is 2.21. The number of halogens is 1. The van der Waals surface area contributed by atoms with Crippen LogP contribution >= 0.6 is 11.6 Å². The summed E-state index contributed by atoms with van der Waals surface area (Å²) in [4.78, 5) is 4.24. The first kappa shape index (κ1) is 18.8. The average molecular weight is 356 g/mol. The van der Waals surface area contributed by atoms with Gasteiger partial charge in [0.15, 0.2) is 5.96 Å². The van der Waals surface area contributed by atoms with Gasteiger partial charge in [0.25, 0.3) is 0 Å². The first-order chi connectivity index (χ1) is 11.6. The number of guanidine groups is 1. The van der Waals surface area contributed by atoms with Gasteiger partial charge in [-0.1, -0.05) is 17.7 Å². The first-order valence-electron chi connectivity index (χ1n) is 8.11. The van der Waals surface area contributed by atoms with Gasteiger partial charge in [-0.05, 0) is 25.5 Å². The molecule has 1 aromatic carbocycles. The van der Waals surface area contributed by atoms with Crippen LogP contribution in [0, 0.1) is 0 Å². The quantitative estimate of drug-likeness (QED) is 0.580. The number of nitrogens with zero attached hydrogens (tertiary/aromatic N) is 1. The molecule has 1 saturated heterocycles. The Morgan fingerprint density at radius 1 is 1.50 bits per heavy atom. The van der Waals surface area contributed by atoms with Gasteiger partial charge < -0.3 is 24.8 Å². The van der Waals surface area contributed by atoms with Gasteiger partial charge in [0, 0.05) is 36.8 Å². The van der Waals surface area contributed by atoms with Gasteiger partial charge in [0.1, 0.15) is 5.75 Å². The zero-order valence-corrected chi connectivity index (χ0v) is 15.2. The highest BCUT2D eigenvalue weighted by molar-refractivity contribution is 6.30. The standard InChI is InChI=1S/C17H26ClN3O3/c1-12(10-24-15-6-7-23-11-15)21-17(19-2)20-9-13-4-5-14(18)8-16(13)22-3/h4-5,8,12,15H,6-7,9-11H2,1-3H3,(H2,19,20,21). The number of aliphatic imine (C=N–C) groups is 1. The summed E-state index contributed by atoms with van der Waals surface area (Å²) in [5.41, 5.74) is 1.01. The second-order valence-corrected chi connectivity index (χ2v) is 6.18. The normalized spacial score (nSPS) is 19.2. The van der Waals surface area contributed by atoms with Crippen molar-refractivity contribution in [3.63, 3.8) is 0 Å². The van der Waals surface area contributed by atoms with Crippen molar-refractivity contribution < 1.29 is 14.2 Å². The molecule has 7 heteroatoms. The molecular weight excluding hydrogens is 330 g/mol. The van der Waals surface area contributed by atoms with Crippen LogP contribution in [0.5, 0.6) is 5.75 Å². The number of methoxy groups -OCH3 is 1. The van der Waals surface area contributed by atoms with Crippen molar-refractivity contribution in [2.75, 3.05) is 34.0 Å². The Morgan fingerprint density at radius 2 is 2.33 bits per heavy atom. The summed E-state index contributed by atoms with van der Waals surface area (Å²) in [6.07, 6.45) is 1.18. The SMILES string of the molecule is CN=C(NCc1ccc(Cl)cc1OC)NC(C)COC1CCOC1. The summed E-state index contributed by atoms with van der Waals surface area (Å²) >= 11 is 5.98. The highest BCUT2D eigenvalue weighted by Gasteiger charge is 2.17. The summed E-state index contributed by atoms with van der Waals surface area (Å²) in [7, 11) is 3.38. The molecule has 2 rings (SSSR count). The minimum absolute atomic E-state index is 0.143. The minimum atomic E-state index is 0.143. The average Bonchev–Trinajstić information content (AvgIpc) is 3.11. The molecule has 0 aliphatic carbocycles. The number of benzene rings is 1. The van der Waals surface area contributed by atoms with E-state index in [-0.39, 0.29) is 12.1 Å². The van der Waals surface area contributed by atoms with Crippen molar-refractivity contribution in [2.45, 2.75) is 32.0 Å². The lowest BCUT2D eigenvalue weighted by Crippen LogP contribution is -2.44. The molecule has 0 spiro atoms. The van der Waals surface area contributed by atoms with E-state index in [2.05, 4.69) is 22.5 Å². The van der Waals surface area contributed by atoms with Gasteiger partial charge in [-0.15, -0.1) is 0 Å². The molecule has 1 heterocycles. The molecule has 1 aliphatic heterocycles. The highest BCUT2D eigenvalue weighted by atomic mass is 35.5. The molecular formula is C17H26ClN3O3. The fourth-order valence-electron chi connectivity index (χ4n) is 2.44. The number of ether oxygens (including phenoxy) is 3. The van der Waals surface area contributed by atoms with Gasteiger partial charge in [0.05, 0.1) is 26.4 Å².